The van der Waals surface area contributed by atoms with E-state index in [1.807, 2.05) is 4.98 Å². The van der Waals surface area contributed by atoms with Crippen LogP contribution in [0.5, 0.6) is 5.75 Å². The highest BCUT2D eigenvalue weighted by Gasteiger charge is 2.55. The van der Waals surface area contributed by atoms with Crippen molar-refractivity contribution in [2.45, 2.75) is 55.0 Å². The Kier molecular flexibility index (Phi) is 10.3. The van der Waals surface area contributed by atoms with Gasteiger partial charge < -0.3 is 30.6 Å². The van der Waals surface area contributed by atoms with E-state index in [2.05, 4.69) is 15.0 Å². The van der Waals surface area contributed by atoms with Gasteiger partial charge in [0.25, 0.3) is 5.56 Å². The molecule has 0 radical (unpaired) electrons. The minimum absolute atomic E-state index is 0.0158. The summed E-state index contributed by atoms with van der Waals surface area (Å²) < 4.78 is 100. The number of hydrogen-bond acceptors (Lipinski definition) is 17. The summed E-state index contributed by atoms with van der Waals surface area (Å²) in [6.07, 6.45) is -12.8. The molecule has 2 bridgehead atoms. The maximum atomic E-state index is 16.3. The number of nitrogen functional groups attached to an aromatic ring is 1. The number of imidazole rings is 1. The number of amides is 1. The highest BCUT2D eigenvalue weighted by molar-refractivity contribution is 8.54. The van der Waals surface area contributed by atoms with Crippen LogP contribution in [-0.4, -0.2) is 90.0 Å². The van der Waals surface area contributed by atoms with Crippen LogP contribution >= 0.6 is 26.0 Å². The van der Waals surface area contributed by atoms with Crippen molar-refractivity contribution in [1.29, 1.82) is 0 Å². The van der Waals surface area contributed by atoms with Gasteiger partial charge in [0.2, 0.25) is 0 Å². The molecular formula is C27H28F2N8O13P2S. The van der Waals surface area contributed by atoms with Crippen molar-refractivity contribution in [3.8, 4) is 5.75 Å². The van der Waals surface area contributed by atoms with Gasteiger partial charge in [-0.2, -0.15) is 0 Å². The number of rotatable bonds is 6. The van der Waals surface area contributed by atoms with Gasteiger partial charge in [-0.05, 0) is 29.1 Å². The van der Waals surface area contributed by atoms with Gasteiger partial charge in [-0.25, -0.2) is 42.5 Å². The number of nitrogens with zero attached hydrogens (tertiary/aromatic N) is 5. The molecule has 1 aromatic carbocycles. The third kappa shape index (κ3) is 7.78. The molecule has 3 fully saturated rings. The highest BCUT2D eigenvalue weighted by Crippen LogP contribution is 2.65. The van der Waals surface area contributed by atoms with Crippen molar-refractivity contribution in [3.05, 3.63) is 75.6 Å². The zero-order valence-corrected chi connectivity index (χ0v) is 29.3. The van der Waals surface area contributed by atoms with Crippen LogP contribution in [0, 0.1) is 0 Å². The fourth-order valence-electron chi connectivity index (χ4n) is 5.71. The van der Waals surface area contributed by atoms with E-state index in [0.29, 0.717) is 21.5 Å². The van der Waals surface area contributed by atoms with Gasteiger partial charge in [-0.3, -0.25) is 37.0 Å². The Morgan fingerprint density at radius 3 is 2.45 bits per heavy atom. The van der Waals surface area contributed by atoms with Gasteiger partial charge in [0, 0.05) is 18.0 Å². The van der Waals surface area contributed by atoms with E-state index in [1.54, 1.807) is 0 Å². The molecular weight excluding hydrogens is 776 g/mol. The third-order valence-electron chi connectivity index (χ3n) is 8.15. The van der Waals surface area contributed by atoms with Crippen molar-refractivity contribution >= 4 is 49.1 Å². The number of aromatic amines is 1. The maximum Gasteiger partial charge on any atom is 0.472 e. The first-order valence-electron chi connectivity index (χ1n) is 15.3. The summed E-state index contributed by atoms with van der Waals surface area (Å²) in [6, 6.07) is 6.75. The van der Waals surface area contributed by atoms with E-state index in [-0.39, 0.29) is 28.5 Å². The van der Waals surface area contributed by atoms with Crippen LogP contribution in [0.2, 0.25) is 0 Å². The summed E-state index contributed by atoms with van der Waals surface area (Å²) in [5.74, 6) is -0.0177. The number of hydrogen-bond donors (Lipinski definition) is 4. The lowest BCUT2D eigenvalue weighted by Gasteiger charge is -2.27. The molecule has 10 atom stereocenters. The number of nitrogens with one attached hydrogen (secondary N) is 1. The fourth-order valence-corrected chi connectivity index (χ4v) is 10.0. The first kappa shape index (κ1) is 37.2. The second-order valence-corrected chi connectivity index (χ2v) is 17.0. The van der Waals surface area contributed by atoms with Crippen molar-refractivity contribution in [1.82, 2.24) is 29.1 Å². The van der Waals surface area contributed by atoms with E-state index in [9.17, 15) is 28.4 Å². The molecule has 6 N–H and O–H groups in total. The highest BCUT2D eigenvalue weighted by atomic mass is 32.7. The number of fused-ring (bicyclic) bond motifs is 4. The van der Waals surface area contributed by atoms with Crippen molar-refractivity contribution < 1.29 is 59.9 Å². The van der Waals surface area contributed by atoms with Crippen LogP contribution in [-0.2, 0) is 42.5 Å². The van der Waals surface area contributed by atoms with Crippen LogP contribution < -0.4 is 27.5 Å². The number of primary amides is 1. The Labute approximate surface area is 298 Å². The van der Waals surface area contributed by atoms with Crippen LogP contribution in [0.15, 0.2) is 58.8 Å². The number of carbonyl (C=O) groups excluding carboxylic acids is 1. The zero-order valence-electron chi connectivity index (χ0n) is 26.7. The molecule has 53 heavy (non-hydrogen) atoms. The van der Waals surface area contributed by atoms with Crippen LogP contribution in [0.4, 0.5) is 19.4 Å². The molecule has 284 valence electrons. The average Bonchev–Trinajstić information content (AvgIpc) is 3.76. The summed E-state index contributed by atoms with van der Waals surface area (Å²) in [7, 11) is -5.26. The second kappa shape index (κ2) is 14.6. The second-order valence-electron chi connectivity index (χ2n) is 11.6. The van der Waals surface area contributed by atoms with Crippen molar-refractivity contribution in [2.75, 3.05) is 18.9 Å². The van der Waals surface area contributed by atoms with E-state index in [4.69, 9.17) is 43.8 Å². The van der Waals surface area contributed by atoms with Crippen molar-refractivity contribution in [2.24, 2.45) is 5.73 Å². The smallest absolute Gasteiger partial charge is 0.411 e. The summed E-state index contributed by atoms with van der Waals surface area (Å²) in [4.78, 5) is 60.0. The largest absolute Gasteiger partial charge is 0.472 e. The first-order chi connectivity index (χ1) is 25.2. The number of anilines is 1. The van der Waals surface area contributed by atoms with Gasteiger partial charge in [-0.15, -0.1) is 0 Å². The molecule has 0 spiro atoms. The summed E-state index contributed by atoms with van der Waals surface area (Å²) in [5, 5.41) is 0. The van der Waals surface area contributed by atoms with Gasteiger partial charge in [-0.1, -0.05) is 12.1 Å². The molecule has 0 aliphatic carbocycles. The number of H-pyrrole nitrogens is 1. The van der Waals surface area contributed by atoms with E-state index < -0.39 is 94.4 Å². The molecule has 7 rings (SSSR count). The van der Waals surface area contributed by atoms with Gasteiger partial charge in [0.05, 0.1) is 19.5 Å². The minimum atomic E-state index is -5.26. The molecule has 4 aromatic rings. The van der Waals surface area contributed by atoms with Crippen LogP contribution in [0.1, 0.15) is 18.0 Å². The van der Waals surface area contributed by atoms with Gasteiger partial charge in [0.15, 0.2) is 36.3 Å². The lowest BCUT2D eigenvalue weighted by Crippen LogP contribution is -2.36. The lowest BCUT2D eigenvalue weighted by molar-refractivity contribution is -0.0620. The molecule has 3 aliphatic heterocycles. The Balaban J connectivity index is 1.24. The van der Waals surface area contributed by atoms with E-state index >= 15 is 8.78 Å². The Hall–Kier alpha value is -4.09. The summed E-state index contributed by atoms with van der Waals surface area (Å²) in [5.41, 5.74) is 9.79. The van der Waals surface area contributed by atoms with E-state index in [1.165, 1.54) is 35.2 Å². The molecule has 3 saturated heterocycles. The number of nitrogens with two attached hydrogens (primary N) is 2. The number of alkyl halides is 2. The molecule has 2 unspecified atom stereocenters. The summed E-state index contributed by atoms with van der Waals surface area (Å²) >= 11 is 0.575. The maximum absolute atomic E-state index is 16.3. The average molecular weight is 805 g/mol. The molecule has 21 nitrogen and oxygen atoms in total. The number of phosphoric ester groups is 1. The Bertz CT molecular complexity index is 2230. The normalized spacial score (nSPS) is 33.4. The predicted molar refractivity (Wildman–Crippen MR) is 176 cm³/mol. The topological polar surface area (TPSA) is 287 Å². The third-order valence-corrected chi connectivity index (χ3v) is 12.8. The molecule has 3 aliphatic rings. The number of halogens is 2. The molecule has 3 aromatic heterocycles. The van der Waals surface area contributed by atoms with E-state index in [0.717, 1.165) is 18.6 Å². The lowest BCUT2D eigenvalue weighted by atomic mass is 10.1. The molecule has 26 heteroatoms. The quantitative estimate of drug-likeness (QED) is 0.202. The number of ether oxygens (including phenoxy) is 3. The summed E-state index contributed by atoms with van der Waals surface area (Å²) in [6.45, 7) is -6.45. The SMILES string of the molecule is NC(=O)Oc1ccc(CSP2(=O)OC[C@H]3O[C@@H](n4ccc(=O)[nH]c4=O)[C@H](F)[C@@H]3OP(=O)(O)OC[C@H]3O[C@@H](n4cnc5c(N)ncnc54)[C@H](O2)[C@@H]3F)cc1. The Morgan fingerprint density at radius 2 is 1.72 bits per heavy atom. The van der Waals surface area contributed by atoms with Gasteiger partial charge >= 0.3 is 26.4 Å². The van der Waals surface area contributed by atoms with Crippen LogP contribution in [0.3, 0.4) is 0 Å². The predicted octanol–water partition coefficient (Wildman–Crippen LogP) is 1.85. The number of aromatic nitrogens is 6. The standard InChI is InChI=1S/C27H28F2N8O13P2S/c28-17-14-7-44-51(41,42)49-20-15(48-24(18(20)29)36-6-5-16(38)35-27(36)40)8-45-52(43,53-9-12-1-3-13(4-2-12)46-26(31)39)50-21(17)25(47-14)37-11-34-19-22(30)32-10-33-23(19)37/h1-6,10-11,14-15,17-18,20-21,24-25H,7-9H2,(H2,31,39)(H,41,42)(H2,30,32,33)(H,35,38,40)/t14-,15-,17-,18-,20-,21-,24-,25-,52?/m1/s1. The van der Waals surface area contributed by atoms with Gasteiger partial charge in [0.1, 0.15) is 42.0 Å². The van der Waals surface area contributed by atoms with Crippen LogP contribution in [0.25, 0.3) is 11.2 Å². The zero-order chi connectivity index (χ0) is 37.7. The molecule has 0 saturated carbocycles. The molecule has 1 amide bonds. The monoisotopic (exact) mass is 804 g/mol. The fraction of sp³-hybridized carbons (Fsp3) is 0.407. The minimum Gasteiger partial charge on any atom is -0.411 e. The van der Waals surface area contributed by atoms with Crippen molar-refractivity contribution in [3.63, 3.8) is 0 Å². The number of carbonyl (C=O) groups is 1. The Morgan fingerprint density at radius 1 is 0.981 bits per heavy atom. The number of phosphoric acid groups is 1. The first-order valence-corrected chi connectivity index (χ1v) is 20.0. The number of benzene rings is 1. The molecule has 6 heterocycles.